The molecular formula is C15H11BrClFN2. The second-order valence-electron chi connectivity index (χ2n) is 4.34. The molecule has 0 aliphatic heterocycles. The van der Waals surface area contributed by atoms with Gasteiger partial charge in [0.2, 0.25) is 0 Å². The number of rotatable bonds is 3. The lowest BCUT2D eigenvalue weighted by Crippen LogP contribution is -2.08. The summed E-state index contributed by atoms with van der Waals surface area (Å²) >= 11 is 9.15. The van der Waals surface area contributed by atoms with Crippen molar-refractivity contribution in [3.05, 3.63) is 62.8 Å². The van der Waals surface area contributed by atoms with Gasteiger partial charge in [0, 0.05) is 10.5 Å². The number of hydrogen-bond donors (Lipinski definition) is 1. The molecule has 0 amide bonds. The van der Waals surface area contributed by atoms with Gasteiger partial charge >= 0.3 is 0 Å². The minimum Gasteiger partial charge on any atom is -0.377 e. The molecule has 0 bridgehead atoms. The number of anilines is 1. The molecule has 0 aromatic heterocycles. The quantitative estimate of drug-likeness (QED) is 0.814. The van der Waals surface area contributed by atoms with E-state index >= 15 is 0 Å². The van der Waals surface area contributed by atoms with E-state index in [4.69, 9.17) is 16.9 Å². The molecule has 2 aromatic carbocycles. The van der Waals surface area contributed by atoms with Crippen molar-refractivity contribution in [2.45, 2.75) is 13.0 Å². The van der Waals surface area contributed by atoms with Gasteiger partial charge in [0.1, 0.15) is 11.9 Å². The minimum absolute atomic E-state index is 0.0888. The van der Waals surface area contributed by atoms with Crippen LogP contribution in [0.2, 0.25) is 5.02 Å². The zero-order valence-electron chi connectivity index (χ0n) is 10.6. The molecule has 0 radical (unpaired) electrons. The predicted molar refractivity (Wildman–Crippen MR) is 82.3 cm³/mol. The van der Waals surface area contributed by atoms with Gasteiger partial charge < -0.3 is 5.32 Å². The monoisotopic (exact) mass is 352 g/mol. The van der Waals surface area contributed by atoms with Crippen LogP contribution >= 0.6 is 27.5 Å². The van der Waals surface area contributed by atoms with Gasteiger partial charge in [-0.1, -0.05) is 33.6 Å². The lowest BCUT2D eigenvalue weighted by Gasteiger charge is -2.17. The topological polar surface area (TPSA) is 35.8 Å². The molecule has 102 valence electrons. The lowest BCUT2D eigenvalue weighted by molar-refractivity contribution is 0.627. The van der Waals surface area contributed by atoms with E-state index < -0.39 is 5.82 Å². The first-order chi connectivity index (χ1) is 9.51. The van der Waals surface area contributed by atoms with Crippen molar-refractivity contribution in [1.82, 2.24) is 0 Å². The summed E-state index contributed by atoms with van der Waals surface area (Å²) in [6.07, 6.45) is 0. The van der Waals surface area contributed by atoms with Crippen molar-refractivity contribution >= 4 is 33.2 Å². The van der Waals surface area contributed by atoms with E-state index in [1.807, 2.05) is 19.1 Å². The largest absolute Gasteiger partial charge is 0.377 e. The van der Waals surface area contributed by atoms with Crippen LogP contribution in [0.5, 0.6) is 0 Å². The Balaban J connectivity index is 2.27. The van der Waals surface area contributed by atoms with E-state index in [1.165, 1.54) is 6.07 Å². The number of nitrogens with one attached hydrogen (secondary N) is 1. The van der Waals surface area contributed by atoms with Crippen LogP contribution in [0, 0.1) is 17.1 Å². The van der Waals surface area contributed by atoms with Gasteiger partial charge in [-0.25, -0.2) is 4.39 Å². The third-order valence-electron chi connectivity index (χ3n) is 2.92. The smallest absolute Gasteiger partial charge is 0.141 e. The Morgan fingerprint density at radius 3 is 2.70 bits per heavy atom. The SMILES string of the molecule is CC(Nc1cc(Br)ccc1C#N)c1ccc(F)c(Cl)c1. The fourth-order valence-corrected chi connectivity index (χ4v) is 2.38. The molecule has 2 nitrogen and oxygen atoms in total. The van der Waals surface area contributed by atoms with Crippen LogP contribution in [0.3, 0.4) is 0 Å². The molecular weight excluding hydrogens is 343 g/mol. The van der Waals surface area contributed by atoms with E-state index in [2.05, 4.69) is 27.3 Å². The number of nitrogens with zero attached hydrogens (tertiary/aromatic N) is 1. The van der Waals surface area contributed by atoms with E-state index in [1.54, 1.807) is 18.2 Å². The van der Waals surface area contributed by atoms with Crippen LogP contribution in [0.15, 0.2) is 40.9 Å². The molecule has 0 saturated heterocycles. The molecule has 20 heavy (non-hydrogen) atoms. The zero-order chi connectivity index (χ0) is 14.7. The van der Waals surface area contributed by atoms with Crippen molar-refractivity contribution in [2.24, 2.45) is 0 Å². The molecule has 1 atom stereocenters. The number of nitriles is 1. The van der Waals surface area contributed by atoms with Crippen molar-refractivity contribution in [1.29, 1.82) is 5.26 Å². The first kappa shape index (κ1) is 14.8. The highest BCUT2D eigenvalue weighted by Crippen LogP contribution is 2.27. The third kappa shape index (κ3) is 3.30. The molecule has 0 spiro atoms. The lowest BCUT2D eigenvalue weighted by atomic mass is 10.1. The summed E-state index contributed by atoms with van der Waals surface area (Å²) in [5, 5.41) is 12.4. The van der Waals surface area contributed by atoms with Gasteiger partial charge in [0.15, 0.2) is 0 Å². The summed E-state index contributed by atoms with van der Waals surface area (Å²) in [6, 6.07) is 12.0. The van der Waals surface area contributed by atoms with Gasteiger partial charge in [0.25, 0.3) is 0 Å². The van der Waals surface area contributed by atoms with Gasteiger partial charge in [-0.3, -0.25) is 0 Å². The Hall–Kier alpha value is -1.57. The summed E-state index contributed by atoms with van der Waals surface area (Å²) < 4.78 is 14.0. The summed E-state index contributed by atoms with van der Waals surface area (Å²) in [7, 11) is 0. The molecule has 1 unspecified atom stereocenters. The van der Waals surface area contributed by atoms with Gasteiger partial charge in [0.05, 0.1) is 16.3 Å². The molecule has 0 heterocycles. The molecule has 2 aromatic rings. The highest BCUT2D eigenvalue weighted by Gasteiger charge is 2.11. The average Bonchev–Trinajstić information content (AvgIpc) is 2.42. The zero-order valence-corrected chi connectivity index (χ0v) is 13.0. The van der Waals surface area contributed by atoms with Crippen molar-refractivity contribution < 1.29 is 4.39 Å². The van der Waals surface area contributed by atoms with Crippen molar-refractivity contribution in [2.75, 3.05) is 5.32 Å². The first-order valence-electron chi connectivity index (χ1n) is 5.92. The number of hydrogen-bond acceptors (Lipinski definition) is 2. The normalized spacial score (nSPS) is 11.8. The van der Waals surface area contributed by atoms with Crippen LogP contribution in [0.1, 0.15) is 24.1 Å². The molecule has 1 N–H and O–H groups in total. The molecule has 5 heteroatoms. The van der Waals surface area contributed by atoms with Crippen LogP contribution < -0.4 is 5.32 Å². The van der Waals surface area contributed by atoms with E-state index in [0.29, 0.717) is 5.56 Å². The van der Waals surface area contributed by atoms with E-state index in [0.717, 1.165) is 15.7 Å². The van der Waals surface area contributed by atoms with E-state index in [9.17, 15) is 4.39 Å². The maximum atomic E-state index is 13.2. The fraction of sp³-hybridized carbons (Fsp3) is 0.133. The predicted octanol–water partition coefficient (Wildman–Crippen LogP) is 5.29. The highest BCUT2D eigenvalue weighted by molar-refractivity contribution is 9.10. The van der Waals surface area contributed by atoms with Gasteiger partial charge in [-0.2, -0.15) is 5.26 Å². The summed E-state index contributed by atoms with van der Waals surface area (Å²) in [6.45, 7) is 1.92. The van der Waals surface area contributed by atoms with Crippen molar-refractivity contribution in [3.8, 4) is 6.07 Å². The molecule has 0 aliphatic rings. The Kier molecular flexibility index (Phi) is 4.64. The third-order valence-corrected chi connectivity index (χ3v) is 3.70. The maximum absolute atomic E-state index is 13.2. The van der Waals surface area contributed by atoms with Crippen molar-refractivity contribution in [3.63, 3.8) is 0 Å². The second-order valence-corrected chi connectivity index (χ2v) is 5.66. The average molecular weight is 354 g/mol. The Labute approximate surface area is 130 Å². The molecule has 0 saturated carbocycles. The molecule has 2 rings (SSSR count). The summed E-state index contributed by atoms with van der Waals surface area (Å²) in [5.41, 5.74) is 2.11. The van der Waals surface area contributed by atoms with Crippen LogP contribution in [-0.2, 0) is 0 Å². The molecule has 0 fully saturated rings. The van der Waals surface area contributed by atoms with Crippen LogP contribution in [-0.4, -0.2) is 0 Å². The Bertz CT molecular complexity index is 682. The highest BCUT2D eigenvalue weighted by atomic mass is 79.9. The second kappa shape index (κ2) is 6.25. The molecule has 0 aliphatic carbocycles. The maximum Gasteiger partial charge on any atom is 0.141 e. The van der Waals surface area contributed by atoms with Crippen LogP contribution in [0.25, 0.3) is 0 Å². The summed E-state index contributed by atoms with van der Waals surface area (Å²) in [4.78, 5) is 0. The standard InChI is InChI=1S/C15H11BrClFN2/c1-9(10-3-5-14(18)13(17)6-10)20-15-7-12(16)4-2-11(15)8-19/h2-7,9,20H,1H3. The van der Waals surface area contributed by atoms with E-state index in [-0.39, 0.29) is 11.1 Å². The fourth-order valence-electron chi connectivity index (χ4n) is 1.83. The van der Waals surface area contributed by atoms with Gasteiger partial charge in [-0.15, -0.1) is 0 Å². The Morgan fingerprint density at radius 2 is 2.05 bits per heavy atom. The number of benzene rings is 2. The minimum atomic E-state index is -0.442. The first-order valence-corrected chi connectivity index (χ1v) is 7.09. The summed E-state index contributed by atoms with van der Waals surface area (Å²) in [5.74, 6) is -0.442. The van der Waals surface area contributed by atoms with Crippen LogP contribution in [0.4, 0.5) is 10.1 Å². The number of halogens is 3. The van der Waals surface area contributed by atoms with Gasteiger partial charge in [-0.05, 0) is 42.8 Å². The Morgan fingerprint density at radius 1 is 1.30 bits per heavy atom.